The number of benzene rings is 6. The molecule has 9 rings (SSSR count). The van der Waals surface area contributed by atoms with E-state index in [0.717, 1.165) is 21.9 Å². The molecule has 0 spiro atoms. The maximum Gasteiger partial charge on any atom is 0.227 e. The van der Waals surface area contributed by atoms with E-state index in [1.807, 2.05) is 23.5 Å². The molecule has 0 bridgehead atoms. The smallest absolute Gasteiger partial charge is 0.227 e. The predicted molar refractivity (Wildman–Crippen MR) is 186 cm³/mol. The summed E-state index contributed by atoms with van der Waals surface area (Å²) in [7, 11) is 0. The van der Waals surface area contributed by atoms with Gasteiger partial charge in [-0.2, -0.15) is 0 Å². The number of nitrogens with zero attached hydrogens (tertiary/aromatic N) is 1. The molecule has 0 unspecified atom stereocenters. The summed E-state index contributed by atoms with van der Waals surface area (Å²) in [5.74, 6) is 0. The zero-order chi connectivity index (χ0) is 29.0. The Morgan fingerprint density at radius 2 is 0.909 bits per heavy atom. The average Bonchev–Trinajstić information content (AvgIpc) is 3.66. The van der Waals surface area contributed by atoms with Gasteiger partial charge in [-0.1, -0.05) is 84.9 Å². The summed E-state index contributed by atoms with van der Waals surface area (Å²) in [6.45, 7) is 0. The van der Waals surface area contributed by atoms with Crippen LogP contribution in [0.1, 0.15) is 0 Å². The molecule has 206 valence electrons. The molecule has 0 radical (unpaired) electrons. The van der Waals surface area contributed by atoms with Crippen LogP contribution >= 0.6 is 11.3 Å². The van der Waals surface area contributed by atoms with Crippen molar-refractivity contribution in [2.75, 3.05) is 0 Å². The lowest BCUT2D eigenvalue weighted by atomic mass is 9.94. The molecule has 3 aromatic heterocycles. The van der Waals surface area contributed by atoms with Crippen LogP contribution in [-0.4, -0.2) is 4.98 Å². The van der Waals surface area contributed by atoms with Gasteiger partial charge in [0.25, 0.3) is 0 Å². The molecule has 0 saturated carbocycles. The monoisotopic (exact) mass is 579 g/mol. The number of hydrogen-bond acceptors (Lipinski definition) is 3. The molecule has 0 aliphatic rings. The Morgan fingerprint density at radius 1 is 0.386 bits per heavy atom. The first-order valence-electron chi connectivity index (χ1n) is 14.8. The summed E-state index contributed by atoms with van der Waals surface area (Å²) < 4.78 is 8.61. The van der Waals surface area contributed by atoms with E-state index >= 15 is 0 Å². The highest BCUT2D eigenvalue weighted by atomic mass is 32.1. The summed E-state index contributed by atoms with van der Waals surface area (Å²) >= 11 is 1.86. The van der Waals surface area contributed by atoms with Gasteiger partial charge in [-0.15, -0.1) is 11.3 Å². The molecule has 44 heavy (non-hydrogen) atoms. The highest BCUT2D eigenvalue weighted by molar-refractivity contribution is 7.25. The van der Waals surface area contributed by atoms with E-state index in [4.69, 9.17) is 4.42 Å². The van der Waals surface area contributed by atoms with E-state index in [0.29, 0.717) is 5.71 Å². The Hall–Kier alpha value is -5.51. The van der Waals surface area contributed by atoms with Gasteiger partial charge in [0.05, 0.1) is 0 Å². The second kappa shape index (κ2) is 10.0. The van der Waals surface area contributed by atoms with Crippen molar-refractivity contribution in [2.24, 2.45) is 0 Å². The largest absolute Gasteiger partial charge is 0.438 e. The van der Waals surface area contributed by atoms with E-state index < -0.39 is 0 Å². The molecule has 2 nitrogen and oxygen atoms in total. The van der Waals surface area contributed by atoms with E-state index in [2.05, 4.69) is 138 Å². The van der Waals surface area contributed by atoms with Crippen molar-refractivity contribution in [3.63, 3.8) is 0 Å². The first kappa shape index (κ1) is 25.0. The molecular weight excluding hydrogens is 555 g/mol. The first-order valence-corrected chi connectivity index (χ1v) is 15.6. The van der Waals surface area contributed by atoms with Gasteiger partial charge in [0.2, 0.25) is 5.71 Å². The Bertz CT molecular complexity index is 2350. The van der Waals surface area contributed by atoms with Crippen LogP contribution in [0.15, 0.2) is 156 Å². The fourth-order valence-corrected chi connectivity index (χ4v) is 7.42. The molecular formula is C41H25NOS. The van der Waals surface area contributed by atoms with Crippen LogP contribution in [0.5, 0.6) is 0 Å². The molecule has 0 atom stereocenters. The van der Waals surface area contributed by atoms with E-state index in [9.17, 15) is 0 Å². The van der Waals surface area contributed by atoms with Gasteiger partial charge < -0.3 is 4.42 Å². The van der Waals surface area contributed by atoms with Gasteiger partial charge in [0.1, 0.15) is 5.58 Å². The van der Waals surface area contributed by atoms with Crippen LogP contribution in [0.25, 0.3) is 86.7 Å². The van der Waals surface area contributed by atoms with Crippen molar-refractivity contribution >= 4 is 53.6 Å². The number of thiophene rings is 1. The zero-order valence-electron chi connectivity index (χ0n) is 23.7. The molecule has 0 saturated heterocycles. The Morgan fingerprint density at radius 3 is 1.57 bits per heavy atom. The van der Waals surface area contributed by atoms with E-state index in [-0.39, 0.29) is 0 Å². The standard InChI is InChI=1S/C41H25NOS/c1-2-15-39-34(13-1)37-25-33(17-19-40(37)44-39)31-12-5-10-29(23-31)27-8-3-7-26(21-27)28-9-4-11-30(22-28)32-16-18-38-36(24-32)35-14-6-20-42-41(35)43-38/h1-25H. The Balaban J connectivity index is 1.07. The molecule has 6 aromatic carbocycles. The van der Waals surface area contributed by atoms with E-state index in [1.165, 1.54) is 59.1 Å². The van der Waals surface area contributed by atoms with Gasteiger partial charge in [-0.05, 0) is 105 Å². The first-order chi connectivity index (χ1) is 21.8. The number of hydrogen-bond donors (Lipinski definition) is 0. The Kier molecular flexibility index (Phi) is 5.71. The highest BCUT2D eigenvalue weighted by Gasteiger charge is 2.11. The van der Waals surface area contributed by atoms with Crippen molar-refractivity contribution in [1.82, 2.24) is 4.98 Å². The topological polar surface area (TPSA) is 26.0 Å². The molecule has 0 fully saturated rings. The van der Waals surface area contributed by atoms with Gasteiger partial charge in [-0.3, -0.25) is 0 Å². The number of rotatable bonds is 4. The van der Waals surface area contributed by atoms with Crippen molar-refractivity contribution in [3.05, 3.63) is 152 Å². The molecule has 0 aliphatic carbocycles. The number of pyridine rings is 1. The van der Waals surface area contributed by atoms with Gasteiger partial charge in [-0.25, -0.2) is 4.98 Å². The quantitative estimate of drug-likeness (QED) is 0.207. The van der Waals surface area contributed by atoms with Gasteiger partial charge in [0, 0.05) is 37.1 Å². The minimum absolute atomic E-state index is 0.676. The lowest BCUT2D eigenvalue weighted by Crippen LogP contribution is -1.85. The van der Waals surface area contributed by atoms with Crippen LogP contribution in [0, 0.1) is 0 Å². The number of furan rings is 1. The summed E-state index contributed by atoms with van der Waals surface area (Å²) in [5.41, 5.74) is 11.1. The van der Waals surface area contributed by atoms with Crippen LogP contribution in [0.4, 0.5) is 0 Å². The van der Waals surface area contributed by atoms with Crippen LogP contribution in [0.3, 0.4) is 0 Å². The lowest BCUT2D eigenvalue weighted by molar-refractivity contribution is 0.654. The van der Waals surface area contributed by atoms with Crippen LogP contribution in [0.2, 0.25) is 0 Å². The summed E-state index contributed by atoms with van der Waals surface area (Å²) in [6, 6.07) is 52.5. The average molecular weight is 580 g/mol. The predicted octanol–water partition coefficient (Wildman–Crippen LogP) is 12.0. The minimum Gasteiger partial charge on any atom is -0.438 e. The third kappa shape index (κ3) is 4.21. The number of fused-ring (bicyclic) bond motifs is 6. The molecule has 0 aliphatic heterocycles. The fraction of sp³-hybridized carbons (Fsp3) is 0. The SMILES string of the molecule is c1cc(-c2cccc(-c3ccc4oc5ncccc5c4c3)c2)cc(-c2cccc(-c3ccc4sc5ccccc5c4c3)c2)c1. The Labute approximate surface area is 258 Å². The van der Waals surface area contributed by atoms with Gasteiger partial charge in [0.15, 0.2) is 0 Å². The highest BCUT2D eigenvalue weighted by Crippen LogP contribution is 2.38. The summed E-state index contributed by atoms with van der Waals surface area (Å²) in [5, 5.41) is 4.78. The van der Waals surface area contributed by atoms with Crippen molar-refractivity contribution < 1.29 is 4.42 Å². The van der Waals surface area contributed by atoms with Crippen molar-refractivity contribution in [3.8, 4) is 44.5 Å². The normalized spacial score (nSPS) is 11.6. The maximum absolute atomic E-state index is 5.95. The molecule has 3 heterocycles. The van der Waals surface area contributed by atoms with Crippen LogP contribution in [-0.2, 0) is 0 Å². The summed E-state index contributed by atoms with van der Waals surface area (Å²) in [6.07, 6.45) is 1.77. The maximum atomic E-state index is 5.95. The second-order valence-electron chi connectivity index (χ2n) is 11.2. The third-order valence-electron chi connectivity index (χ3n) is 8.55. The van der Waals surface area contributed by atoms with Gasteiger partial charge >= 0.3 is 0 Å². The summed E-state index contributed by atoms with van der Waals surface area (Å²) in [4.78, 5) is 4.38. The van der Waals surface area contributed by atoms with Crippen molar-refractivity contribution in [2.45, 2.75) is 0 Å². The lowest BCUT2D eigenvalue weighted by Gasteiger charge is -2.10. The second-order valence-corrected chi connectivity index (χ2v) is 12.3. The number of aromatic nitrogens is 1. The zero-order valence-corrected chi connectivity index (χ0v) is 24.5. The van der Waals surface area contributed by atoms with E-state index in [1.54, 1.807) is 6.20 Å². The fourth-order valence-electron chi connectivity index (χ4n) is 6.33. The van der Waals surface area contributed by atoms with Crippen molar-refractivity contribution in [1.29, 1.82) is 0 Å². The molecule has 0 amide bonds. The molecule has 3 heteroatoms. The molecule has 9 aromatic rings. The minimum atomic E-state index is 0.676. The third-order valence-corrected chi connectivity index (χ3v) is 9.70. The molecule has 0 N–H and O–H groups in total. The van der Waals surface area contributed by atoms with Crippen LogP contribution < -0.4 is 0 Å².